The number of benzene rings is 1. The zero-order chi connectivity index (χ0) is 11.8. The zero-order valence-corrected chi connectivity index (χ0v) is 10.3. The number of nitrogens with two attached hydrogens (primary N) is 1. The van der Waals surface area contributed by atoms with Gasteiger partial charge in [-0.15, -0.1) is 0 Å². The van der Waals surface area contributed by atoms with Crippen molar-refractivity contribution >= 4 is 23.1 Å². The molecule has 0 atom stereocenters. The van der Waals surface area contributed by atoms with Crippen LogP contribution in [0.3, 0.4) is 0 Å². The van der Waals surface area contributed by atoms with Crippen LogP contribution in [0.5, 0.6) is 0 Å². The van der Waals surface area contributed by atoms with Crippen molar-refractivity contribution in [3.8, 4) is 6.07 Å². The van der Waals surface area contributed by atoms with E-state index in [2.05, 4.69) is 17.6 Å². The second-order valence-electron chi connectivity index (χ2n) is 3.51. The fourth-order valence-electron chi connectivity index (χ4n) is 1.41. The Morgan fingerprint density at radius 2 is 2.25 bits per heavy atom. The molecule has 16 heavy (non-hydrogen) atoms. The van der Waals surface area contributed by atoms with Crippen molar-refractivity contribution < 1.29 is 0 Å². The van der Waals surface area contributed by atoms with Gasteiger partial charge in [-0.2, -0.15) is 17.0 Å². The molecule has 1 aromatic rings. The molecule has 0 saturated heterocycles. The molecular formula is C12H17N3S. The SMILES string of the molecule is CSCCCCNc1cccc(C#N)c1N. The van der Waals surface area contributed by atoms with Crippen LogP contribution in [0.4, 0.5) is 11.4 Å². The lowest BCUT2D eigenvalue weighted by Crippen LogP contribution is -2.05. The third-order valence-corrected chi connectivity index (χ3v) is 3.01. The lowest BCUT2D eigenvalue weighted by molar-refractivity contribution is 0.843. The van der Waals surface area contributed by atoms with E-state index in [0.29, 0.717) is 11.3 Å². The molecule has 0 unspecified atom stereocenters. The molecule has 0 fully saturated rings. The van der Waals surface area contributed by atoms with Crippen LogP contribution in [0, 0.1) is 11.3 Å². The summed E-state index contributed by atoms with van der Waals surface area (Å²) in [5.41, 5.74) is 7.80. The predicted molar refractivity (Wildman–Crippen MR) is 71.7 cm³/mol. The maximum absolute atomic E-state index is 8.82. The van der Waals surface area contributed by atoms with E-state index in [4.69, 9.17) is 11.0 Å². The maximum Gasteiger partial charge on any atom is 0.101 e. The van der Waals surface area contributed by atoms with Crippen LogP contribution in [0.2, 0.25) is 0 Å². The quantitative estimate of drug-likeness (QED) is 0.588. The molecule has 0 aliphatic heterocycles. The summed E-state index contributed by atoms with van der Waals surface area (Å²) < 4.78 is 0. The van der Waals surface area contributed by atoms with E-state index < -0.39 is 0 Å². The van der Waals surface area contributed by atoms with E-state index >= 15 is 0 Å². The van der Waals surface area contributed by atoms with Crippen molar-refractivity contribution in [1.82, 2.24) is 0 Å². The summed E-state index contributed by atoms with van der Waals surface area (Å²) in [6.45, 7) is 0.902. The molecule has 1 aromatic carbocycles. The van der Waals surface area contributed by atoms with Gasteiger partial charge in [0.1, 0.15) is 6.07 Å². The van der Waals surface area contributed by atoms with Gasteiger partial charge in [-0.05, 0) is 37.0 Å². The number of nitrogens with one attached hydrogen (secondary N) is 1. The molecule has 0 aliphatic rings. The predicted octanol–water partition coefficient (Wildman–Crippen LogP) is 2.70. The summed E-state index contributed by atoms with van der Waals surface area (Å²) in [5.74, 6) is 1.19. The van der Waals surface area contributed by atoms with Gasteiger partial charge in [0.2, 0.25) is 0 Å². The number of nitrogen functional groups attached to an aromatic ring is 1. The Balaban J connectivity index is 2.45. The van der Waals surface area contributed by atoms with E-state index in [1.54, 1.807) is 6.07 Å². The van der Waals surface area contributed by atoms with Crippen molar-refractivity contribution in [3.05, 3.63) is 23.8 Å². The molecule has 1 rings (SSSR count). The fraction of sp³-hybridized carbons (Fsp3) is 0.417. The van der Waals surface area contributed by atoms with Gasteiger partial charge >= 0.3 is 0 Å². The van der Waals surface area contributed by atoms with Crippen LogP contribution in [0.15, 0.2) is 18.2 Å². The van der Waals surface area contributed by atoms with Crippen LogP contribution in [-0.2, 0) is 0 Å². The summed E-state index contributed by atoms with van der Waals surface area (Å²) in [4.78, 5) is 0. The highest BCUT2D eigenvalue weighted by molar-refractivity contribution is 7.98. The van der Waals surface area contributed by atoms with Gasteiger partial charge in [-0.3, -0.25) is 0 Å². The number of nitrogens with zero attached hydrogens (tertiary/aromatic N) is 1. The first-order valence-corrected chi connectivity index (χ1v) is 6.70. The molecule has 0 radical (unpaired) electrons. The van der Waals surface area contributed by atoms with Crippen molar-refractivity contribution in [2.24, 2.45) is 0 Å². The first-order chi connectivity index (χ1) is 7.79. The van der Waals surface area contributed by atoms with Crippen LogP contribution in [-0.4, -0.2) is 18.6 Å². The summed E-state index contributed by atoms with van der Waals surface area (Å²) in [6, 6.07) is 7.56. The third-order valence-electron chi connectivity index (χ3n) is 2.32. The second-order valence-corrected chi connectivity index (χ2v) is 4.49. The third kappa shape index (κ3) is 3.67. The number of nitriles is 1. The van der Waals surface area contributed by atoms with Gasteiger partial charge in [0.25, 0.3) is 0 Å². The van der Waals surface area contributed by atoms with E-state index in [0.717, 1.165) is 18.7 Å². The van der Waals surface area contributed by atoms with Crippen LogP contribution >= 0.6 is 11.8 Å². The van der Waals surface area contributed by atoms with Crippen molar-refractivity contribution in [2.45, 2.75) is 12.8 Å². The first-order valence-electron chi connectivity index (χ1n) is 5.31. The molecule has 0 aromatic heterocycles. The number of rotatable bonds is 6. The molecule has 3 N–H and O–H groups in total. The number of thioether (sulfide) groups is 1. The highest BCUT2D eigenvalue weighted by Gasteiger charge is 2.02. The van der Waals surface area contributed by atoms with E-state index in [1.165, 1.54) is 12.2 Å². The molecule has 4 heteroatoms. The summed E-state index contributed by atoms with van der Waals surface area (Å²) in [6.07, 6.45) is 4.44. The minimum atomic E-state index is 0.536. The monoisotopic (exact) mass is 235 g/mol. The maximum atomic E-state index is 8.82. The Morgan fingerprint density at radius 3 is 2.94 bits per heavy atom. The smallest absolute Gasteiger partial charge is 0.101 e. The molecule has 3 nitrogen and oxygen atoms in total. The number of para-hydroxylation sites is 1. The van der Waals surface area contributed by atoms with E-state index in [-0.39, 0.29) is 0 Å². The molecule has 0 aliphatic carbocycles. The van der Waals surface area contributed by atoms with Gasteiger partial charge in [-0.25, -0.2) is 0 Å². The Hall–Kier alpha value is -1.34. The largest absolute Gasteiger partial charge is 0.396 e. The van der Waals surface area contributed by atoms with Crippen molar-refractivity contribution in [1.29, 1.82) is 5.26 Å². The highest BCUT2D eigenvalue weighted by atomic mass is 32.2. The fourth-order valence-corrected chi connectivity index (χ4v) is 1.90. The number of hydrogen-bond donors (Lipinski definition) is 2. The Bertz CT molecular complexity index is 371. The standard InChI is InChI=1S/C12H17N3S/c1-16-8-3-2-7-15-11-6-4-5-10(9-13)12(11)14/h4-6,15H,2-3,7-8,14H2,1H3. The summed E-state index contributed by atoms with van der Waals surface area (Å²) in [5, 5.41) is 12.1. The Kier molecular flexibility index (Phi) is 5.58. The average Bonchev–Trinajstić information content (AvgIpc) is 2.31. The van der Waals surface area contributed by atoms with Crippen molar-refractivity contribution in [3.63, 3.8) is 0 Å². The minimum absolute atomic E-state index is 0.536. The van der Waals surface area contributed by atoms with Gasteiger partial charge in [0, 0.05) is 6.54 Å². The first kappa shape index (κ1) is 12.7. The molecule has 0 saturated carbocycles. The number of unbranched alkanes of at least 4 members (excludes halogenated alkanes) is 1. The zero-order valence-electron chi connectivity index (χ0n) is 9.49. The second kappa shape index (κ2) is 7.02. The van der Waals surface area contributed by atoms with Crippen LogP contribution in [0.25, 0.3) is 0 Å². The summed E-state index contributed by atoms with van der Waals surface area (Å²) in [7, 11) is 0. The van der Waals surface area contributed by atoms with E-state index in [9.17, 15) is 0 Å². The number of hydrogen-bond acceptors (Lipinski definition) is 4. The Morgan fingerprint density at radius 1 is 1.44 bits per heavy atom. The topological polar surface area (TPSA) is 61.8 Å². The lowest BCUT2D eigenvalue weighted by Gasteiger charge is -2.09. The lowest BCUT2D eigenvalue weighted by atomic mass is 10.1. The molecule has 0 spiro atoms. The summed E-state index contributed by atoms with van der Waals surface area (Å²) >= 11 is 1.86. The van der Waals surface area contributed by atoms with Gasteiger partial charge in [0.15, 0.2) is 0 Å². The molecule has 0 amide bonds. The van der Waals surface area contributed by atoms with Crippen LogP contribution < -0.4 is 11.1 Å². The van der Waals surface area contributed by atoms with Crippen LogP contribution in [0.1, 0.15) is 18.4 Å². The normalized spacial score (nSPS) is 9.75. The molecule has 0 heterocycles. The Labute approximate surface area is 101 Å². The highest BCUT2D eigenvalue weighted by Crippen LogP contribution is 2.21. The van der Waals surface area contributed by atoms with Gasteiger partial charge in [-0.1, -0.05) is 6.07 Å². The van der Waals surface area contributed by atoms with Gasteiger partial charge in [0.05, 0.1) is 16.9 Å². The van der Waals surface area contributed by atoms with E-state index in [1.807, 2.05) is 23.9 Å². The minimum Gasteiger partial charge on any atom is -0.396 e. The van der Waals surface area contributed by atoms with Gasteiger partial charge < -0.3 is 11.1 Å². The molecule has 0 bridgehead atoms. The number of anilines is 2. The van der Waals surface area contributed by atoms with Crippen molar-refractivity contribution in [2.75, 3.05) is 29.6 Å². The average molecular weight is 235 g/mol. The molecular weight excluding hydrogens is 218 g/mol. The molecule has 86 valence electrons.